The third-order valence-corrected chi connectivity index (χ3v) is 4.48. The van der Waals surface area contributed by atoms with Gasteiger partial charge in [0.15, 0.2) is 11.9 Å². The normalized spacial score (nSPS) is 17.4. The lowest BCUT2D eigenvalue weighted by Crippen LogP contribution is -2.01. The van der Waals surface area contributed by atoms with Crippen LogP contribution in [0.25, 0.3) is 22.6 Å². The Morgan fingerprint density at radius 1 is 0.905 bits per heavy atom. The van der Waals surface area contributed by atoms with Crippen LogP contribution in [0.3, 0.4) is 0 Å². The first kappa shape index (κ1) is 12.3. The fourth-order valence-electron chi connectivity index (χ4n) is 2.66. The Labute approximate surface area is 124 Å². The summed E-state index contributed by atoms with van der Waals surface area (Å²) in [6.45, 7) is 0. The monoisotopic (exact) mass is 298 g/mol. The van der Waals surface area contributed by atoms with E-state index < -0.39 is 0 Å². The van der Waals surface area contributed by atoms with E-state index >= 15 is 0 Å². The van der Waals surface area contributed by atoms with Crippen molar-refractivity contribution in [3.8, 4) is 22.6 Å². The SMILES string of the molecule is [SiH3]c1ccoc1-c1ccoc1-c1ccoc1C1CC=CO1. The number of furan rings is 3. The van der Waals surface area contributed by atoms with Gasteiger partial charge < -0.3 is 18.0 Å². The average Bonchev–Trinajstić information content (AvgIpc) is 3.25. The van der Waals surface area contributed by atoms with E-state index in [4.69, 9.17) is 18.0 Å². The molecule has 0 spiro atoms. The summed E-state index contributed by atoms with van der Waals surface area (Å²) in [6, 6.07) is 5.84. The fraction of sp³-hybridized carbons (Fsp3) is 0.125. The molecule has 0 saturated carbocycles. The number of ether oxygens (including phenoxy) is 1. The number of hydrogen-bond donors (Lipinski definition) is 0. The van der Waals surface area contributed by atoms with Crippen LogP contribution >= 0.6 is 0 Å². The van der Waals surface area contributed by atoms with Gasteiger partial charge in [-0.1, -0.05) is 0 Å². The van der Waals surface area contributed by atoms with Crippen molar-refractivity contribution in [2.75, 3.05) is 0 Å². The molecule has 21 heavy (non-hydrogen) atoms. The summed E-state index contributed by atoms with van der Waals surface area (Å²) in [6.07, 6.45) is 9.49. The van der Waals surface area contributed by atoms with Crippen LogP contribution in [0.5, 0.6) is 0 Å². The number of rotatable bonds is 3. The minimum atomic E-state index is -0.0833. The summed E-state index contributed by atoms with van der Waals surface area (Å²) in [5.41, 5.74) is 1.87. The van der Waals surface area contributed by atoms with Crippen molar-refractivity contribution < 1.29 is 18.0 Å². The van der Waals surface area contributed by atoms with Crippen molar-refractivity contribution in [1.82, 2.24) is 0 Å². The third-order valence-electron chi connectivity index (χ3n) is 3.69. The molecular weight excluding hydrogens is 284 g/mol. The third kappa shape index (κ3) is 1.97. The predicted molar refractivity (Wildman–Crippen MR) is 81.3 cm³/mol. The van der Waals surface area contributed by atoms with E-state index in [1.54, 1.807) is 25.1 Å². The largest absolute Gasteiger partial charge is 0.490 e. The Hall–Kier alpha value is -2.40. The standard InChI is InChI=1S/C16H14O4Si/c21-13-5-9-20-16(13)11-4-7-18-14(11)10-3-8-19-15(10)12-2-1-6-17-12/h1,3-9,12H,2H2,21H3. The molecule has 4 nitrogen and oxygen atoms in total. The van der Waals surface area contributed by atoms with Gasteiger partial charge in [0.25, 0.3) is 0 Å². The van der Waals surface area contributed by atoms with Crippen molar-refractivity contribution in [2.45, 2.75) is 12.5 Å². The van der Waals surface area contributed by atoms with Crippen molar-refractivity contribution in [1.29, 1.82) is 0 Å². The summed E-state index contributed by atoms with van der Waals surface area (Å²) in [7, 11) is 0.923. The van der Waals surface area contributed by atoms with Crippen LogP contribution in [-0.2, 0) is 4.74 Å². The molecule has 1 aliphatic rings. The lowest BCUT2D eigenvalue weighted by atomic mass is 10.0. The summed E-state index contributed by atoms with van der Waals surface area (Å²) >= 11 is 0. The van der Waals surface area contributed by atoms with E-state index in [0.29, 0.717) is 0 Å². The maximum absolute atomic E-state index is 5.71. The van der Waals surface area contributed by atoms with Gasteiger partial charge in [0.05, 0.1) is 36.2 Å². The van der Waals surface area contributed by atoms with Gasteiger partial charge in [-0.05, 0) is 29.5 Å². The molecule has 1 atom stereocenters. The molecule has 0 aromatic carbocycles. The van der Waals surface area contributed by atoms with Gasteiger partial charge in [0.1, 0.15) is 11.5 Å². The molecule has 0 bridgehead atoms. The van der Waals surface area contributed by atoms with Gasteiger partial charge in [-0.3, -0.25) is 0 Å². The minimum Gasteiger partial charge on any atom is -0.490 e. The lowest BCUT2D eigenvalue weighted by Gasteiger charge is -2.09. The molecule has 0 radical (unpaired) electrons. The van der Waals surface area contributed by atoms with E-state index in [1.807, 2.05) is 24.3 Å². The Bertz CT molecular complexity index is 785. The van der Waals surface area contributed by atoms with Gasteiger partial charge in [-0.25, -0.2) is 0 Å². The lowest BCUT2D eigenvalue weighted by molar-refractivity contribution is 0.148. The van der Waals surface area contributed by atoms with Gasteiger partial charge in [0, 0.05) is 16.7 Å². The summed E-state index contributed by atoms with van der Waals surface area (Å²) in [5, 5.41) is 1.21. The highest BCUT2D eigenvalue weighted by atomic mass is 28.1. The Morgan fingerprint density at radius 2 is 1.67 bits per heavy atom. The highest BCUT2D eigenvalue weighted by Crippen LogP contribution is 2.40. The zero-order chi connectivity index (χ0) is 14.2. The van der Waals surface area contributed by atoms with Crippen LogP contribution in [0.1, 0.15) is 18.3 Å². The van der Waals surface area contributed by atoms with Crippen LogP contribution in [0, 0.1) is 0 Å². The molecule has 3 aromatic heterocycles. The Morgan fingerprint density at radius 3 is 2.43 bits per heavy atom. The second-order valence-corrected chi connectivity index (χ2v) is 6.10. The van der Waals surface area contributed by atoms with Crippen LogP contribution in [-0.4, -0.2) is 10.2 Å². The van der Waals surface area contributed by atoms with Gasteiger partial charge in [0.2, 0.25) is 0 Å². The maximum Gasteiger partial charge on any atom is 0.159 e. The summed E-state index contributed by atoms with van der Waals surface area (Å²) < 4.78 is 22.5. The molecule has 0 fully saturated rings. The number of hydrogen-bond acceptors (Lipinski definition) is 4. The molecule has 1 aliphatic heterocycles. The van der Waals surface area contributed by atoms with E-state index in [1.165, 1.54) is 5.19 Å². The van der Waals surface area contributed by atoms with Crippen molar-refractivity contribution in [3.63, 3.8) is 0 Å². The predicted octanol–water partition coefficient (Wildman–Crippen LogP) is 2.77. The van der Waals surface area contributed by atoms with Gasteiger partial charge in [-0.15, -0.1) is 0 Å². The molecule has 4 heterocycles. The molecular formula is C16H14O4Si. The molecule has 0 N–H and O–H groups in total. The van der Waals surface area contributed by atoms with E-state index in [2.05, 4.69) is 0 Å². The average molecular weight is 298 g/mol. The van der Waals surface area contributed by atoms with Crippen LogP contribution in [0.15, 0.2) is 62.6 Å². The highest BCUT2D eigenvalue weighted by molar-refractivity contribution is 6.35. The quantitative estimate of drug-likeness (QED) is 0.698. The molecule has 1 unspecified atom stereocenters. The molecule has 106 valence electrons. The van der Waals surface area contributed by atoms with Crippen molar-refractivity contribution >= 4 is 15.4 Å². The first-order chi connectivity index (χ1) is 10.3. The highest BCUT2D eigenvalue weighted by Gasteiger charge is 2.26. The maximum atomic E-state index is 5.71. The van der Waals surface area contributed by atoms with Crippen molar-refractivity contribution in [3.05, 3.63) is 55.1 Å². The van der Waals surface area contributed by atoms with Crippen LogP contribution in [0.4, 0.5) is 0 Å². The van der Waals surface area contributed by atoms with Gasteiger partial charge in [-0.2, -0.15) is 0 Å². The summed E-state index contributed by atoms with van der Waals surface area (Å²) in [5.74, 6) is 2.43. The Balaban J connectivity index is 1.81. The molecule has 0 amide bonds. The zero-order valence-corrected chi connectivity index (χ0v) is 13.5. The first-order valence-corrected chi connectivity index (χ1v) is 7.85. The van der Waals surface area contributed by atoms with Crippen LogP contribution < -0.4 is 5.19 Å². The van der Waals surface area contributed by atoms with E-state index in [9.17, 15) is 0 Å². The molecule has 5 heteroatoms. The van der Waals surface area contributed by atoms with Crippen LogP contribution in [0.2, 0.25) is 0 Å². The Kier molecular flexibility index (Phi) is 2.85. The van der Waals surface area contributed by atoms with E-state index in [-0.39, 0.29) is 6.10 Å². The molecule has 0 aliphatic carbocycles. The zero-order valence-electron chi connectivity index (χ0n) is 11.5. The van der Waals surface area contributed by atoms with Crippen molar-refractivity contribution in [2.24, 2.45) is 0 Å². The molecule has 3 aromatic rings. The summed E-state index contributed by atoms with van der Waals surface area (Å²) in [4.78, 5) is 0. The topological polar surface area (TPSA) is 48.7 Å². The fourth-order valence-corrected chi connectivity index (χ4v) is 3.18. The smallest absolute Gasteiger partial charge is 0.159 e. The molecule has 0 saturated heterocycles. The van der Waals surface area contributed by atoms with Gasteiger partial charge >= 0.3 is 0 Å². The minimum absolute atomic E-state index is 0.0833. The first-order valence-electron chi connectivity index (χ1n) is 6.85. The van der Waals surface area contributed by atoms with E-state index in [0.717, 1.165) is 45.1 Å². The second-order valence-electron chi connectivity index (χ2n) is 5.03. The second kappa shape index (κ2) is 4.86. The molecule has 4 rings (SSSR count).